The van der Waals surface area contributed by atoms with Crippen molar-refractivity contribution >= 4 is 32.2 Å². The van der Waals surface area contributed by atoms with Gasteiger partial charge >= 0.3 is 0 Å². The smallest absolute Gasteiger partial charge is 0.250 e. The second kappa shape index (κ2) is 8.68. The molecular weight excluding hydrogens is 396 g/mol. The summed E-state index contributed by atoms with van der Waals surface area (Å²) in [6.45, 7) is 4.52. The molecular formula is C19H22N4O3S2. The number of thiazole rings is 1. The lowest BCUT2D eigenvalue weighted by atomic mass is 10.3. The van der Waals surface area contributed by atoms with Gasteiger partial charge in [0.15, 0.2) is 5.13 Å². The molecule has 0 radical (unpaired) electrons. The first-order valence-corrected chi connectivity index (χ1v) is 11.2. The number of anilines is 2. The highest BCUT2D eigenvalue weighted by Gasteiger charge is 2.22. The molecule has 0 aliphatic carbocycles. The molecule has 0 aliphatic heterocycles. The van der Waals surface area contributed by atoms with Crippen molar-refractivity contribution in [3.8, 4) is 0 Å². The minimum absolute atomic E-state index is 0.105. The van der Waals surface area contributed by atoms with Gasteiger partial charge in [-0.15, -0.1) is 11.3 Å². The second-order valence-corrected chi connectivity index (χ2v) is 8.85. The molecule has 2 aromatic heterocycles. The summed E-state index contributed by atoms with van der Waals surface area (Å²) in [5.41, 5.74) is 1.33. The highest BCUT2D eigenvalue weighted by Crippen LogP contribution is 2.21. The lowest BCUT2D eigenvalue weighted by Crippen LogP contribution is -2.32. The Morgan fingerprint density at radius 3 is 2.50 bits per heavy atom. The van der Waals surface area contributed by atoms with Crippen LogP contribution in [0.2, 0.25) is 0 Å². The van der Waals surface area contributed by atoms with Crippen LogP contribution in [0.3, 0.4) is 0 Å². The predicted molar refractivity (Wildman–Crippen MR) is 112 cm³/mol. The van der Waals surface area contributed by atoms with Crippen molar-refractivity contribution in [1.82, 2.24) is 13.9 Å². The first-order valence-electron chi connectivity index (χ1n) is 8.91. The van der Waals surface area contributed by atoms with Gasteiger partial charge in [0.25, 0.3) is 5.56 Å². The molecule has 148 valence electrons. The van der Waals surface area contributed by atoms with Crippen LogP contribution in [-0.2, 0) is 16.6 Å². The van der Waals surface area contributed by atoms with E-state index in [9.17, 15) is 13.2 Å². The predicted octanol–water partition coefficient (Wildman–Crippen LogP) is 3.13. The molecule has 0 saturated heterocycles. The van der Waals surface area contributed by atoms with Crippen LogP contribution in [0.5, 0.6) is 0 Å². The van der Waals surface area contributed by atoms with Gasteiger partial charge in [-0.1, -0.05) is 32.0 Å². The fourth-order valence-electron chi connectivity index (χ4n) is 2.75. The molecule has 9 heteroatoms. The number of sulfonamides is 1. The number of rotatable bonds is 8. The molecule has 0 aliphatic rings. The summed E-state index contributed by atoms with van der Waals surface area (Å²) >= 11 is 1.43. The Kier molecular flexibility index (Phi) is 6.28. The number of aromatic nitrogens is 2. The van der Waals surface area contributed by atoms with E-state index in [4.69, 9.17) is 0 Å². The molecule has 0 saturated carbocycles. The van der Waals surface area contributed by atoms with E-state index in [1.807, 2.05) is 35.7 Å². The van der Waals surface area contributed by atoms with Crippen LogP contribution in [-0.4, -0.2) is 35.4 Å². The van der Waals surface area contributed by atoms with E-state index in [1.165, 1.54) is 38.5 Å². The summed E-state index contributed by atoms with van der Waals surface area (Å²) in [5.74, 6) is 0. The summed E-state index contributed by atoms with van der Waals surface area (Å²) in [6, 6.07) is 12.3. The Morgan fingerprint density at radius 2 is 1.82 bits per heavy atom. The van der Waals surface area contributed by atoms with E-state index in [-0.39, 0.29) is 17.0 Å². The van der Waals surface area contributed by atoms with E-state index in [0.717, 1.165) is 5.69 Å². The molecule has 0 atom stereocenters. The molecule has 7 nitrogen and oxygen atoms in total. The summed E-state index contributed by atoms with van der Waals surface area (Å²) in [6.07, 6.45) is 1.39. The van der Waals surface area contributed by atoms with Crippen LogP contribution in [0.15, 0.2) is 63.7 Å². The van der Waals surface area contributed by atoms with Crippen LogP contribution in [0.1, 0.15) is 19.5 Å². The molecule has 3 rings (SSSR count). The van der Waals surface area contributed by atoms with Crippen LogP contribution in [0.4, 0.5) is 10.8 Å². The topological polar surface area (TPSA) is 84.3 Å². The Morgan fingerprint density at radius 1 is 1.11 bits per heavy atom. The molecule has 0 spiro atoms. The number of hydrogen-bond acceptors (Lipinski definition) is 6. The van der Waals surface area contributed by atoms with Crippen LogP contribution < -0.4 is 10.9 Å². The van der Waals surface area contributed by atoms with Crippen LogP contribution in [0, 0.1) is 0 Å². The zero-order valence-corrected chi connectivity index (χ0v) is 17.3. The average Bonchev–Trinajstić information content (AvgIpc) is 3.12. The van der Waals surface area contributed by atoms with Crippen molar-refractivity contribution < 1.29 is 8.42 Å². The molecule has 0 fully saturated rings. The Balaban J connectivity index is 1.82. The highest BCUT2D eigenvalue weighted by atomic mass is 32.2. The minimum Gasteiger partial charge on any atom is -0.332 e. The van der Waals surface area contributed by atoms with E-state index in [0.29, 0.717) is 23.9 Å². The number of hydrogen-bond donors (Lipinski definition) is 1. The van der Waals surface area contributed by atoms with Crippen LogP contribution in [0.25, 0.3) is 0 Å². The van der Waals surface area contributed by atoms with Gasteiger partial charge in [-0.05, 0) is 18.2 Å². The largest absolute Gasteiger partial charge is 0.332 e. The molecule has 0 unspecified atom stereocenters. The third-order valence-electron chi connectivity index (χ3n) is 4.21. The van der Waals surface area contributed by atoms with Crippen LogP contribution >= 0.6 is 11.3 Å². The van der Waals surface area contributed by atoms with E-state index < -0.39 is 10.0 Å². The maximum atomic E-state index is 12.7. The zero-order chi connectivity index (χ0) is 20.1. The van der Waals surface area contributed by atoms with Gasteiger partial charge in [-0.3, -0.25) is 4.79 Å². The van der Waals surface area contributed by atoms with E-state index in [1.54, 1.807) is 13.8 Å². The fourth-order valence-corrected chi connectivity index (χ4v) is 4.95. The monoisotopic (exact) mass is 418 g/mol. The normalized spacial score (nSPS) is 11.7. The van der Waals surface area contributed by atoms with Crippen molar-refractivity contribution in [2.24, 2.45) is 0 Å². The average molecular weight is 419 g/mol. The Hall–Kier alpha value is -2.49. The summed E-state index contributed by atoms with van der Waals surface area (Å²) < 4.78 is 28.1. The number of nitrogens with zero attached hydrogens (tertiary/aromatic N) is 3. The molecule has 1 aromatic carbocycles. The van der Waals surface area contributed by atoms with Gasteiger partial charge < -0.3 is 9.88 Å². The van der Waals surface area contributed by atoms with Gasteiger partial charge in [0, 0.05) is 36.4 Å². The number of benzene rings is 1. The molecule has 3 aromatic rings. The van der Waals surface area contributed by atoms with Crippen molar-refractivity contribution in [2.75, 3.05) is 18.4 Å². The molecule has 28 heavy (non-hydrogen) atoms. The minimum atomic E-state index is -3.62. The van der Waals surface area contributed by atoms with Gasteiger partial charge in [0.2, 0.25) is 10.0 Å². The quantitative estimate of drug-likeness (QED) is 0.608. The third kappa shape index (κ3) is 4.49. The first-order chi connectivity index (χ1) is 13.4. The number of para-hydroxylation sites is 1. The van der Waals surface area contributed by atoms with Crippen molar-refractivity contribution in [1.29, 1.82) is 0 Å². The lowest BCUT2D eigenvalue weighted by Gasteiger charge is -2.18. The van der Waals surface area contributed by atoms with Gasteiger partial charge in [-0.2, -0.15) is 4.31 Å². The van der Waals surface area contributed by atoms with Gasteiger partial charge in [-0.25, -0.2) is 13.4 Å². The number of pyridine rings is 1. The van der Waals surface area contributed by atoms with Gasteiger partial charge in [0.05, 0.1) is 17.1 Å². The summed E-state index contributed by atoms with van der Waals surface area (Å²) in [7, 11) is -3.62. The Labute approximate surface area is 168 Å². The maximum absolute atomic E-state index is 12.7. The lowest BCUT2D eigenvalue weighted by molar-refractivity contribution is 0.444. The van der Waals surface area contributed by atoms with Crippen molar-refractivity contribution in [2.45, 2.75) is 25.3 Å². The Bertz CT molecular complexity index is 1090. The van der Waals surface area contributed by atoms with Crippen molar-refractivity contribution in [3.63, 3.8) is 0 Å². The molecule has 0 bridgehead atoms. The molecule has 2 heterocycles. The molecule has 1 N–H and O–H groups in total. The SMILES string of the molecule is CCN(CC)S(=O)(=O)c1ccc(=O)n(Cc2csc(Nc3ccccc3)n2)c1. The maximum Gasteiger partial charge on any atom is 0.250 e. The zero-order valence-electron chi connectivity index (χ0n) is 15.7. The van der Waals surface area contributed by atoms with Gasteiger partial charge in [0.1, 0.15) is 0 Å². The van der Waals surface area contributed by atoms with Crippen molar-refractivity contribution in [3.05, 3.63) is 70.1 Å². The third-order valence-corrected chi connectivity index (χ3v) is 7.05. The highest BCUT2D eigenvalue weighted by molar-refractivity contribution is 7.89. The second-order valence-electron chi connectivity index (χ2n) is 6.06. The van der Waals surface area contributed by atoms with E-state index in [2.05, 4.69) is 10.3 Å². The standard InChI is InChI=1S/C19H22N4O3S2/c1-3-23(4-2)28(25,26)17-10-11-18(24)22(13-17)12-16-14-27-19(21-16)20-15-8-6-5-7-9-15/h5-11,13-14H,3-4,12H2,1-2H3,(H,20,21). The first kappa shape index (κ1) is 20.2. The van der Waals surface area contributed by atoms with E-state index >= 15 is 0 Å². The molecule has 0 amide bonds. The fraction of sp³-hybridized carbons (Fsp3) is 0.263. The summed E-state index contributed by atoms with van der Waals surface area (Å²) in [5, 5.41) is 5.77. The summed E-state index contributed by atoms with van der Waals surface area (Å²) in [4.78, 5) is 16.8. The number of nitrogens with one attached hydrogen (secondary N) is 1.